The lowest BCUT2D eigenvalue weighted by Gasteiger charge is -2.15. The van der Waals surface area contributed by atoms with Crippen LogP contribution in [0.15, 0.2) is 72.4 Å². The van der Waals surface area contributed by atoms with E-state index in [0.29, 0.717) is 33.5 Å². The van der Waals surface area contributed by atoms with Crippen molar-refractivity contribution in [1.82, 2.24) is 0 Å². The topological polar surface area (TPSA) is 67.9 Å². The lowest BCUT2D eigenvalue weighted by atomic mass is 10.0. The number of imide groups is 1. The van der Waals surface area contributed by atoms with E-state index in [1.165, 1.54) is 14.2 Å². The van der Waals surface area contributed by atoms with Crippen LogP contribution in [0.1, 0.15) is 11.1 Å². The summed E-state index contributed by atoms with van der Waals surface area (Å²) in [6, 6.07) is 19.3. The first-order chi connectivity index (χ1) is 15.4. The summed E-state index contributed by atoms with van der Waals surface area (Å²) in [6.07, 6.45) is 0. The summed E-state index contributed by atoms with van der Waals surface area (Å²) < 4.78 is 10.7. The number of hydrogen-bond donors (Lipinski definition) is 1. The number of methoxy groups -OCH3 is 2. The minimum atomic E-state index is -0.456. The van der Waals surface area contributed by atoms with E-state index >= 15 is 0 Å². The number of carbonyl (C=O) groups excluding carboxylic acids is 2. The van der Waals surface area contributed by atoms with Crippen molar-refractivity contribution >= 4 is 40.4 Å². The van der Waals surface area contributed by atoms with Crippen LogP contribution in [0.5, 0.6) is 11.5 Å². The van der Waals surface area contributed by atoms with Crippen molar-refractivity contribution < 1.29 is 19.1 Å². The summed E-state index contributed by atoms with van der Waals surface area (Å²) in [5.74, 6) is 0.0822. The van der Waals surface area contributed by atoms with Crippen molar-refractivity contribution in [2.24, 2.45) is 0 Å². The molecule has 0 saturated carbocycles. The summed E-state index contributed by atoms with van der Waals surface area (Å²) in [5.41, 5.74) is 2.91. The quantitative estimate of drug-likeness (QED) is 0.534. The Hall–Kier alpha value is -3.77. The number of para-hydroxylation sites is 1. The maximum atomic E-state index is 13.5. The fourth-order valence-corrected chi connectivity index (χ4v) is 3.71. The highest BCUT2D eigenvalue weighted by Crippen LogP contribution is 2.37. The maximum Gasteiger partial charge on any atom is 0.282 e. The number of nitrogens with zero attached hydrogens (tertiary/aromatic N) is 1. The Kier molecular flexibility index (Phi) is 5.88. The molecule has 1 N–H and O–H groups in total. The summed E-state index contributed by atoms with van der Waals surface area (Å²) in [6.45, 7) is 1.89. The second-order valence-corrected chi connectivity index (χ2v) is 7.60. The third-order valence-corrected chi connectivity index (χ3v) is 5.62. The molecule has 1 aliphatic heterocycles. The number of ether oxygens (including phenoxy) is 2. The fraction of sp³-hybridized carbons (Fsp3) is 0.120. The van der Waals surface area contributed by atoms with Gasteiger partial charge in [0.2, 0.25) is 0 Å². The summed E-state index contributed by atoms with van der Waals surface area (Å²) >= 11 is 6.27. The molecule has 7 heteroatoms. The second kappa shape index (κ2) is 8.77. The van der Waals surface area contributed by atoms with Gasteiger partial charge in [-0.25, -0.2) is 4.90 Å². The first kappa shape index (κ1) is 21.5. The molecule has 0 unspecified atom stereocenters. The molecule has 3 aromatic carbocycles. The number of aryl methyl sites for hydroxylation is 1. The molecule has 3 aromatic rings. The molecular weight excluding hydrogens is 428 g/mol. The van der Waals surface area contributed by atoms with Crippen molar-refractivity contribution in [3.8, 4) is 11.5 Å². The number of amides is 2. The molecule has 0 radical (unpaired) electrons. The van der Waals surface area contributed by atoms with E-state index in [-0.39, 0.29) is 11.3 Å². The molecule has 6 nitrogen and oxygen atoms in total. The van der Waals surface area contributed by atoms with Crippen LogP contribution in [0.25, 0.3) is 5.57 Å². The first-order valence-electron chi connectivity index (χ1n) is 9.88. The Bertz CT molecular complexity index is 1240. The Morgan fingerprint density at radius 2 is 1.56 bits per heavy atom. The van der Waals surface area contributed by atoms with Crippen LogP contribution >= 0.6 is 11.6 Å². The highest BCUT2D eigenvalue weighted by molar-refractivity contribution is 6.46. The van der Waals surface area contributed by atoms with Gasteiger partial charge < -0.3 is 14.8 Å². The lowest BCUT2D eigenvalue weighted by Crippen LogP contribution is -2.32. The van der Waals surface area contributed by atoms with Crippen LogP contribution in [-0.2, 0) is 9.59 Å². The SMILES string of the molecule is COc1ccc(C2=C(Nc3ccc(C)c(Cl)c3)C(=O)N(c3ccccc3)C2=O)cc1OC. The van der Waals surface area contributed by atoms with Gasteiger partial charge in [-0.05, 0) is 54.4 Å². The number of benzene rings is 3. The van der Waals surface area contributed by atoms with Crippen LogP contribution < -0.4 is 19.7 Å². The molecule has 0 aromatic heterocycles. The molecule has 162 valence electrons. The zero-order valence-corrected chi connectivity index (χ0v) is 18.6. The molecule has 0 spiro atoms. The Balaban J connectivity index is 1.85. The van der Waals surface area contributed by atoms with Crippen molar-refractivity contribution in [1.29, 1.82) is 0 Å². The van der Waals surface area contributed by atoms with Crippen molar-refractivity contribution in [3.63, 3.8) is 0 Å². The van der Waals surface area contributed by atoms with Crippen LogP contribution in [0.3, 0.4) is 0 Å². The van der Waals surface area contributed by atoms with Gasteiger partial charge in [0.15, 0.2) is 11.5 Å². The molecular formula is C25H21ClN2O4. The van der Waals surface area contributed by atoms with Gasteiger partial charge in [-0.15, -0.1) is 0 Å². The predicted octanol–water partition coefficient (Wildman–Crippen LogP) is 5.06. The molecule has 32 heavy (non-hydrogen) atoms. The van der Waals surface area contributed by atoms with E-state index in [4.69, 9.17) is 21.1 Å². The zero-order chi connectivity index (χ0) is 22.8. The second-order valence-electron chi connectivity index (χ2n) is 7.19. The smallest absolute Gasteiger partial charge is 0.282 e. The number of carbonyl (C=O) groups is 2. The summed E-state index contributed by atoms with van der Waals surface area (Å²) in [5, 5.41) is 3.67. The maximum absolute atomic E-state index is 13.5. The van der Waals surface area contributed by atoms with Gasteiger partial charge in [-0.3, -0.25) is 9.59 Å². The van der Waals surface area contributed by atoms with Crippen molar-refractivity contribution in [2.75, 3.05) is 24.4 Å². The number of anilines is 2. The summed E-state index contributed by atoms with van der Waals surface area (Å²) in [7, 11) is 3.05. The Morgan fingerprint density at radius 3 is 2.22 bits per heavy atom. The number of nitrogens with one attached hydrogen (secondary N) is 1. The van der Waals surface area contributed by atoms with Gasteiger partial charge in [0.25, 0.3) is 11.8 Å². The fourth-order valence-electron chi connectivity index (χ4n) is 3.53. The molecule has 0 atom stereocenters. The standard InChI is InChI=1S/C25H21ClN2O4/c1-15-9-11-17(14-19(15)26)27-23-22(16-10-12-20(31-2)21(13-16)32-3)24(29)28(25(23)30)18-7-5-4-6-8-18/h4-14,27H,1-3H3. The largest absolute Gasteiger partial charge is 0.493 e. The van der Waals surface area contributed by atoms with E-state index in [9.17, 15) is 9.59 Å². The molecule has 4 rings (SSSR count). The van der Waals surface area contributed by atoms with Crippen LogP contribution in [-0.4, -0.2) is 26.0 Å². The van der Waals surface area contributed by atoms with E-state index < -0.39 is 11.8 Å². The summed E-state index contributed by atoms with van der Waals surface area (Å²) in [4.78, 5) is 28.1. The van der Waals surface area contributed by atoms with Gasteiger partial charge in [-0.1, -0.05) is 41.9 Å². The first-order valence-corrected chi connectivity index (χ1v) is 10.3. The molecule has 0 fully saturated rings. The minimum absolute atomic E-state index is 0.158. The van der Waals surface area contributed by atoms with E-state index in [2.05, 4.69) is 5.32 Å². The van der Waals surface area contributed by atoms with E-state index in [1.54, 1.807) is 48.5 Å². The number of rotatable bonds is 6. The Morgan fingerprint density at radius 1 is 0.844 bits per heavy atom. The molecule has 1 aliphatic rings. The average Bonchev–Trinajstić information content (AvgIpc) is 3.05. The minimum Gasteiger partial charge on any atom is -0.493 e. The highest BCUT2D eigenvalue weighted by Gasteiger charge is 2.40. The van der Waals surface area contributed by atoms with E-state index in [1.807, 2.05) is 25.1 Å². The number of hydrogen-bond acceptors (Lipinski definition) is 5. The Labute approximate surface area is 191 Å². The molecule has 0 saturated heterocycles. The van der Waals surface area contributed by atoms with Crippen LogP contribution in [0, 0.1) is 6.92 Å². The highest BCUT2D eigenvalue weighted by atomic mass is 35.5. The molecule has 1 heterocycles. The van der Waals surface area contributed by atoms with Crippen molar-refractivity contribution in [2.45, 2.75) is 6.92 Å². The van der Waals surface area contributed by atoms with Gasteiger partial charge >= 0.3 is 0 Å². The van der Waals surface area contributed by atoms with E-state index in [0.717, 1.165) is 10.5 Å². The van der Waals surface area contributed by atoms with Crippen LogP contribution in [0.2, 0.25) is 5.02 Å². The average molecular weight is 449 g/mol. The van der Waals surface area contributed by atoms with Crippen LogP contribution in [0.4, 0.5) is 11.4 Å². The molecule has 0 bridgehead atoms. The van der Waals surface area contributed by atoms with Gasteiger partial charge in [-0.2, -0.15) is 0 Å². The number of halogens is 1. The molecule has 2 amide bonds. The van der Waals surface area contributed by atoms with Gasteiger partial charge in [0.1, 0.15) is 5.70 Å². The third kappa shape index (κ3) is 3.81. The van der Waals surface area contributed by atoms with Gasteiger partial charge in [0, 0.05) is 10.7 Å². The van der Waals surface area contributed by atoms with Gasteiger partial charge in [0.05, 0.1) is 25.5 Å². The molecule has 0 aliphatic carbocycles. The zero-order valence-electron chi connectivity index (χ0n) is 17.8. The predicted molar refractivity (Wildman–Crippen MR) is 125 cm³/mol. The van der Waals surface area contributed by atoms with Crippen molar-refractivity contribution in [3.05, 3.63) is 88.6 Å². The lowest BCUT2D eigenvalue weighted by molar-refractivity contribution is -0.120. The normalized spacial score (nSPS) is 13.6. The third-order valence-electron chi connectivity index (χ3n) is 5.21. The monoisotopic (exact) mass is 448 g/mol.